The van der Waals surface area contributed by atoms with Crippen molar-refractivity contribution in [2.24, 2.45) is 0 Å². The SMILES string of the molecule is CC(C)(C)c1ccc(N2B3c4cccc5c4N(c4ccccc4C5(C)C)c4c3c(cc3c4C(C)(C)c4ccccc4-3)-c3c2ccc2oc4ccccc4c32)cc1. The van der Waals surface area contributed by atoms with Crippen LogP contribution in [0.2, 0.25) is 0 Å². The van der Waals surface area contributed by atoms with Crippen molar-refractivity contribution in [3.05, 3.63) is 161 Å². The topological polar surface area (TPSA) is 19.6 Å². The van der Waals surface area contributed by atoms with Crippen LogP contribution in [0.5, 0.6) is 0 Å². The second-order valence-corrected chi connectivity index (χ2v) is 18.5. The van der Waals surface area contributed by atoms with Gasteiger partial charge in [-0.2, -0.15) is 0 Å². The fourth-order valence-corrected chi connectivity index (χ4v) is 11.1. The molecule has 4 heteroatoms. The molecule has 4 aliphatic rings. The lowest BCUT2D eigenvalue weighted by Gasteiger charge is -2.51. The summed E-state index contributed by atoms with van der Waals surface area (Å²) in [4.78, 5) is 5.35. The Balaban J connectivity index is 1.30. The van der Waals surface area contributed by atoms with Gasteiger partial charge in [0, 0.05) is 49.9 Å². The highest BCUT2D eigenvalue weighted by Crippen LogP contribution is 2.61. The van der Waals surface area contributed by atoms with Gasteiger partial charge in [0.1, 0.15) is 11.2 Å². The fourth-order valence-electron chi connectivity index (χ4n) is 11.1. The summed E-state index contributed by atoms with van der Waals surface area (Å²) >= 11 is 0. The Morgan fingerprint density at radius 2 is 1.29 bits per heavy atom. The molecule has 0 N–H and O–H groups in total. The van der Waals surface area contributed by atoms with Gasteiger partial charge in [0.05, 0.1) is 5.69 Å². The van der Waals surface area contributed by atoms with Crippen LogP contribution < -0.4 is 20.6 Å². The first-order valence-electron chi connectivity index (χ1n) is 20.1. The number of rotatable bonds is 1. The Hall–Kier alpha value is -6.00. The Kier molecular flexibility index (Phi) is 6.02. The third-order valence-electron chi connectivity index (χ3n) is 13.7. The van der Waals surface area contributed by atoms with E-state index in [2.05, 4.69) is 192 Å². The Bertz CT molecular complexity index is 3030. The van der Waals surface area contributed by atoms with Crippen LogP contribution in [0.25, 0.3) is 44.2 Å². The molecule has 0 amide bonds. The van der Waals surface area contributed by atoms with E-state index in [0.29, 0.717) is 0 Å². The summed E-state index contributed by atoms with van der Waals surface area (Å²) in [5.74, 6) is 0. The molecule has 56 heavy (non-hydrogen) atoms. The molecule has 0 radical (unpaired) electrons. The number of hydrogen-bond donors (Lipinski definition) is 0. The first-order valence-corrected chi connectivity index (χ1v) is 20.1. The molecule has 3 nitrogen and oxygen atoms in total. The molecule has 0 bridgehead atoms. The van der Waals surface area contributed by atoms with Crippen LogP contribution in [-0.2, 0) is 16.2 Å². The first kappa shape index (κ1) is 32.3. The molecule has 0 unspecified atom stereocenters. The van der Waals surface area contributed by atoms with Crippen molar-refractivity contribution in [2.45, 2.75) is 64.7 Å². The van der Waals surface area contributed by atoms with Gasteiger partial charge >= 0.3 is 6.85 Å². The van der Waals surface area contributed by atoms with E-state index in [1.807, 2.05) is 0 Å². The smallest absolute Gasteiger partial charge is 0.333 e. The number of nitrogens with zero attached hydrogens (tertiary/aromatic N) is 2. The molecule has 0 saturated carbocycles. The van der Waals surface area contributed by atoms with Crippen molar-refractivity contribution in [3.63, 3.8) is 0 Å². The maximum Gasteiger partial charge on any atom is 0.333 e. The van der Waals surface area contributed by atoms with Crippen molar-refractivity contribution in [1.82, 2.24) is 0 Å². The van der Waals surface area contributed by atoms with E-state index in [-0.39, 0.29) is 23.1 Å². The molecular formula is C52H43BN2O. The van der Waals surface area contributed by atoms with E-state index < -0.39 is 0 Å². The molecule has 4 heterocycles. The van der Waals surface area contributed by atoms with E-state index >= 15 is 0 Å². The van der Waals surface area contributed by atoms with Gasteiger partial charge in [0.2, 0.25) is 0 Å². The highest BCUT2D eigenvalue weighted by atomic mass is 16.3. The van der Waals surface area contributed by atoms with Gasteiger partial charge < -0.3 is 14.1 Å². The molecule has 0 atom stereocenters. The van der Waals surface area contributed by atoms with Crippen molar-refractivity contribution in [2.75, 3.05) is 9.71 Å². The molecule has 1 aliphatic carbocycles. The standard InChI is InChI=1S/C52H43BN2O/c1-50(2,3)30-23-25-31(26-24-30)55-41-27-28-43-45(33-16-9-13-22-42(33)56-43)44(41)35-29-34-32-15-8-10-17-36(32)52(6,7)46(34)49-47(35)53(55)39-20-14-19-38-48(39)54(49)40-21-12-11-18-37(40)51(38,4)5/h8-29H,1-7H3. The molecule has 0 saturated heterocycles. The van der Waals surface area contributed by atoms with Crippen LogP contribution in [0, 0.1) is 0 Å². The summed E-state index contributed by atoms with van der Waals surface area (Å²) in [6.07, 6.45) is 0. The number of benzene rings is 7. The van der Waals surface area contributed by atoms with E-state index in [0.717, 1.165) is 16.6 Å². The van der Waals surface area contributed by atoms with Crippen molar-refractivity contribution < 1.29 is 4.42 Å². The maximum absolute atomic E-state index is 6.67. The number of furan rings is 1. The summed E-state index contributed by atoms with van der Waals surface area (Å²) in [6, 6.07) is 50.4. The quantitative estimate of drug-likeness (QED) is 0.157. The summed E-state index contributed by atoms with van der Waals surface area (Å²) < 4.78 is 6.67. The second-order valence-electron chi connectivity index (χ2n) is 18.5. The molecule has 1 aromatic heterocycles. The molecular weight excluding hydrogens is 679 g/mol. The minimum Gasteiger partial charge on any atom is -0.456 e. The average molecular weight is 723 g/mol. The lowest BCUT2D eigenvalue weighted by atomic mass is 9.42. The van der Waals surface area contributed by atoms with Crippen LogP contribution in [0.4, 0.5) is 28.4 Å². The highest BCUT2D eigenvalue weighted by molar-refractivity contribution is 6.94. The van der Waals surface area contributed by atoms with E-state index in [1.165, 1.54) is 94.8 Å². The van der Waals surface area contributed by atoms with Gasteiger partial charge in [-0.25, -0.2) is 0 Å². The lowest BCUT2D eigenvalue weighted by Crippen LogP contribution is -2.63. The minimum absolute atomic E-state index is 0.0456. The Morgan fingerprint density at radius 1 is 0.571 bits per heavy atom. The Labute approximate surface area is 329 Å². The predicted octanol–water partition coefficient (Wildman–Crippen LogP) is 12.5. The van der Waals surface area contributed by atoms with Crippen molar-refractivity contribution in [1.29, 1.82) is 0 Å². The number of fused-ring (bicyclic) bond motifs is 14. The summed E-state index contributed by atoms with van der Waals surface area (Å²) in [6.45, 7) is 16.5. The number of anilines is 5. The van der Waals surface area contributed by atoms with E-state index in [4.69, 9.17) is 4.42 Å². The average Bonchev–Trinajstić information content (AvgIpc) is 3.69. The summed E-state index contributed by atoms with van der Waals surface area (Å²) in [5.41, 5.74) is 22.6. The zero-order valence-electron chi connectivity index (χ0n) is 33.1. The predicted molar refractivity (Wildman–Crippen MR) is 236 cm³/mol. The molecule has 0 spiro atoms. The highest BCUT2D eigenvalue weighted by Gasteiger charge is 2.53. The third-order valence-corrected chi connectivity index (χ3v) is 13.7. The van der Waals surface area contributed by atoms with Crippen molar-refractivity contribution >= 4 is 68.1 Å². The Morgan fingerprint density at radius 3 is 2.09 bits per heavy atom. The third kappa shape index (κ3) is 3.85. The van der Waals surface area contributed by atoms with Crippen molar-refractivity contribution in [3.8, 4) is 22.3 Å². The summed E-state index contributed by atoms with van der Waals surface area (Å²) in [7, 11) is 0. The van der Waals surface area contributed by atoms with Crippen LogP contribution in [0.15, 0.2) is 138 Å². The molecule has 7 aromatic carbocycles. The largest absolute Gasteiger partial charge is 0.456 e. The molecule has 3 aliphatic heterocycles. The molecule has 12 rings (SSSR count). The summed E-state index contributed by atoms with van der Waals surface area (Å²) in [5, 5.41) is 2.33. The van der Waals surface area contributed by atoms with Gasteiger partial charge in [0.15, 0.2) is 0 Å². The van der Waals surface area contributed by atoms with Crippen LogP contribution in [0.3, 0.4) is 0 Å². The fraction of sp³-hybridized carbons (Fsp3) is 0.192. The van der Waals surface area contributed by atoms with Gasteiger partial charge in [-0.05, 0) is 103 Å². The first-order chi connectivity index (χ1) is 27.0. The lowest BCUT2D eigenvalue weighted by molar-refractivity contribution is 0.590. The van der Waals surface area contributed by atoms with Crippen LogP contribution in [0.1, 0.15) is 76.3 Å². The second kappa shape index (κ2) is 10.4. The van der Waals surface area contributed by atoms with Crippen LogP contribution >= 0.6 is 0 Å². The van der Waals surface area contributed by atoms with Gasteiger partial charge in [0.25, 0.3) is 0 Å². The normalized spacial score (nSPS) is 16.3. The number of hydrogen-bond acceptors (Lipinski definition) is 3. The number of para-hydroxylation sites is 3. The minimum atomic E-state index is -0.233. The molecule has 0 fully saturated rings. The van der Waals surface area contributed by atoms with Crippen LogP contribution in [-0.4, -0.2) is 6.85 Å². The van der Waals surface area contributed by atoms with Gasteiger partial charge in [-0.15, -0.1) is 0 Å². The van der Waals surface area contributed by atoms with E-state index in [9.17, 15) is 0 Å². The maximum atomic E-state index is 6.67. The monoisotopic (exact) mass is 722 g/mol. The van der Waals surface area contributed by atoms with Gasteiger partial charge in [-0.1, -0.05) is 139 Å². The molecule has 270 valence electrons. The zero-order valence-corrected chi connectivity index (χ0v) is 33.1. The molecule has 8 aromatic rings. The zero-order chi connectivity index (χ0) is 38.0. The van der Waals surface area contributed by atoms with Gasteiger partial charge in [-0.3, -0.25) is 0 Å². The van der Waals surface area contributed by atoms with E-state index in [1.54, 1.807) is 0 Å².